The summed E-state index contributed by atoms with van der Waals surface area (Å²) in [6.07, 6.45) is 8.55. The highest BCUT2D eigenvalue weighted by Gasteiger charge is 2.20. The molecule has 2 N–H and O–H groups in total. The fourth-order valence-corrected chi connectivity index (χ4v) is 4.01. The molecule has 3 aromatic rings. The minimum atomic E-state index is -0.833. The summed E-state index contributed by atoms with van der Waals surface area (Å²) >= 11 is 7.16. The predicted molar refractivity (Wildman–Crippen MR) is 139 cm³/mol. The molecule has 0 aliphatic heterocycles. The van der Waals surface area contributed by atoms with Crippen LogP contribution in [0.15, 0.2) is 49.2 Å². The molecule has 0 unspecified atom stereocenters. The lowest BCUT2D eigenvalue weighted by molar-refractivity contribution is -0.134. The quantitative estimate of drug-likeness (QED) is 0.340. The van der Waals surface area contributed by atoms with E-state index in [-0.39, 0.29) is 18.2 Å². The summed E-state index contributed by atoms with van der Waals surface area (Å²) in [4.78, 5) is 44.7. The summed E-state index contributed by atoms with van der Waals surface area (Å²) < 4.78 is 7.01. The summed E-state index contributed by atoms with van der Waals surface area (Å²) in [5, 5.41) is 11.5. The van der Waals surface area contributed by atoms with Crippen molar-refractivity contribution < 1.29 is 24.2 Å². The number of nitrogens with one attached hydrogen (secondary N) is 1. The molecule has 0 aliphatic rings. The molecule has 194 valence electrons. The first-order chi connectivity index (χ1) is 17.3. The van der Waals surface area contributed by atoms with E-state index in [1.165, 1.54) is 17.5 Å². The van der Waals surface area contributed by atoms with Crippen LogP contribution in [0.25, 0.3) is 0 Å². The number of thiazole rings is 1. The zero-order chi connectivity index (χ0) is 26.3. The molecule has 36 heavy (non-hydrogen) atoms. The van der Waals surface area contributed by atoms with Crippen LogP contribution in [0.1, 0.15) is 35.0 Å². The molecule has 3 rings (SSSR count). The highest BCUT2D eigenvalue weighted by molar-refractivity contribution is 7.17. The Labute approximate surface area is 218 Å². The maximum absolute atomic E-state index is 12.8. The Balaban J connectivity index is 0.00000106. The molecule has 0 radical (unpaired) electrons. The number of amides is 2. The Bertz CT molecular complexity index is 1080. The van der Waals surface area contributed by atoms with Crippen molar-refractivity contribution in [2.24, 2.45) is 0 Å². The summed E-state index contributed by atoms with van der Waals surface area (Å²) in [6, 6.07) is 7.52. The van der Waals surface area contributed by atoms with Gasteiger partial charge >= 0.3 is 0 Å². The number of methoxy groups -OCH3 is 1. The summed E-state index contributed by atoms with van der Waals surface area (Å²) in [6.45, 7) is 3.17. The van der Waals surface area contributed by atoms with Gasteiger partial charge in [0.25, 0.3) is 11.9 Å². The first-order valence-corrected chi connectivity index (χ1v) is 12.4. The fourth-order valence-electron chi connectivity index (χ4n) is 3.01. The maximum atomic E-state index is 12.8. The number of rotatable bonds is 12. The van der Waals surface area contributed by atoms with E-state index < -0.39 is 5.97 Å². The molecular formula is C24H30ClN5O5S. The number of carbonyl (C=O) groups is 3. The van der Waals surface area contributed by atoms with E-state index in [2.05, 4.69) is 15.3 Å². The Morgan fingerprint density at radius 2 is 1.97 bits per heavy atom. The number of ether oxygens (including phenoxy) is 1. The minimum Gasteiger partial charge on any atom is -0.481 e. The number of aliphatic carboxylic acids is 1. The second-order valence-corrected chi connectivity index (χ2v) is 9.05. The van der Waals surface area contributed by atoms with Crippen molar-refractivity contribution in [2.75, 3.05) is 31.7 Å². The van der Waals surface area contributed by atoms with Gasteiger partial charge in [-0.2, -0.15) is 0 Å². The molecule has 12 heteroatoms. The first kappa shape index (κ1) is 29.0. The number of hydrogen-bond donors (Lipinski definition) is 2. The molecule has 0 atom stereocenters. The average molecular weight is 536 g/mol. The largest absolute Gasteiger partial charge is 0.481 e. The standard InChI is InChI=1S/C22H26ClN5O3S.C2H4O2/c1-31-14-8-20(29)28(12-7-17-3-5-18(23)6-4-17)22-26-15-19(32-22)21(30)25-9-2-11-27-13-10-24-16-27;1-2(3)4/h3-6,10,13,15-16H,2,7-9,11-12,14H2,1H3,(H,25,30);1H3,(H,3,4). The molecule has 0 saturated heterocycles. The van der Waals surface area contributed by atoms with Gasteiger partial charge in [0, 0.05) is 51.1 Å². The summed E-state index contributed by atoms with van der Waals surface area (Å²) in [5.41, 5.74) is 1.06. The molecule has 0 saturated carbocycles. The van der Waals surface area contributed by atoms with E-state index in [9.17, 15) is 9.59 Å². The van der Waals surface area contributed by atoms with Gasteiger partial charge in [-0.25, -0.2) is 9.97 Å². The Morgan fingerprint density at radius 3 is 2.61 bits per heavy atom. The second-order valence-electron chi connectivity index (χ2n) is 7.60. The van der Waals surface area contributed by atoms with Crippen LogP contribution >= 0.6 is 22.9 Å². The number of nitrogens with zero attached hydrogens (tertiary/aromatic N) is 4. The fraction of sp³-hybridized carbons (Fsp3) is 0.375. The van der Waals surface area contributed by atoms with Crippen LogP contribution in [0.5, 0.6) is 0 Å². The van der Waals surface area contributed by atoms with Crippen LogP contribution in [0, 0.1) is 0 Å². The third-order valence-corrected chi connectivity index (χ3v) is 6.02. The van der Waals surface area contributed by atoms with E-state index in [1.807, 2.05) is 35.0 Å². The topological polar surface area (TPSA) is 127 Å². The molecular weight excluding hydrogens is 506 g/mol. The number of halogens is 1. The van der Waals surface area contributed by atoms with Gasteiger partial charge in [-0.1, -0.05) is 35.1 Å². The third kappa shape index (κ3) is 10.5. The van der Waals surface area contributed by atoms with Crippen molar-refractivity contribution in [1.29, 1.82) is 0 Å². The van der Waals surface area contributed by atoms with Gasteiger partial charge in [0.15, 0.2) is 5.13 Å². The number of aromatic nitrogens is 3. The average Bonchev–Trinajstić information content (AvgIpc) is 3.54. The zero-order valence-electron chi connectivity index (χ0n) is 20.2. The van der Waals surface area contributed by atoms with Crippen LogP contribution in [0.4, 0.5) is 5.13 Å². The third-order valence-electron chi connectivity index (χ3n) is 4.74. The monoisotopic (exact) mass is 535 g/mol. The minimum absolute atomic E-state index is 0.0950. The molecule has 1 aromatic carbocycles. The lowest BCUT2D eigenvalue weighted by Crippen LogP contribution is -2.33. The van der Waals surface area contributed by atoms with Crippen molar-refractivity contribution in [3.8, 4) is 0 Å². The van der Waals surface area contributed by atoms with Gasteiger partial charge in [0.2, 0.25) is 5.91 Å². The van der Waals surface area contributed by atoms with E-state index in [0.717, 1.165) is 25.5 Å². The van der Waals surface area contributed by atoms with Crippen molar-refractivity contribution in [3.05, 3.63) is 64.6 Å². The number of carboxylic acids is 1. The smallest absolute Gasteiger partial charge is 0.300 e. The lowest BCUT2D eigenvalue weighted by Gasteiger charge is -2.20. The van der Waals surface area contributed by atoms with E-state index in [0.29, 0.717) is 41.1 Å². The normalized spacial score (nSPS) is 10.3. The van der Waals surface area contributed by atoms with Gasteiger partial charge in [0.05, 0.1) is 25.6 Å². The number of aryl methyl sites for hydroxylation is 1. The van der Waals surface area contributed by atoms with Crippen LogP contribution in [-0.4, -0.2) is 64.2 Å². The number of anilines is 1. The lowest BCUT2D eigenvalue weighted by atomic mass is 10.1. The van der Waals surface area contributed by atoms with E-state index in [4.69, 9.17) is 26.2 Å². The summed E-state index contributed by atoms with van der Waals surface area (Å²) in [7, 11) is 1.56. The molecule has 10 nitrogen and oxygen atoms in total. The second kappa shape index (κ2) is 15.7. The highest BCUT2D eigenvalue weighted by atomic mass is 35.5. The Kier molecular flexibility index (Phi) is 12.6. The van der Waals surface area contributed by atoms with Crippen LogP contribution in [0.3, 0.4) is 0 Å². The highest BCUT2D eigenvalue weighted by Crippen LogP contribution is 2.24. The van der Waals surface area contributed by atoms with Crippen LogP contribution in [-0.2, 0) is 27.3 Å². The first-order valence-electron chi connectivity index (χ1n) is 11.2. The number of hydrogen-bond acceptors (Lipinski definition) is 7. The van der Waals surface area contributed by atoms with Crippen molar-refractivity contribution in [2.45, 2.75) is 32.7 Å². The van der Waals surface area contributed by atoms with Crippen LogP contribution < -0.4 is 10.2 Å². The number of imidazole rings is 1. The van der Waals surface area contributed by atoms with Crippen molar-refractivity contribution >= 4 is 45.9 Å². The van der Waals surface area contributed by atoms with Gasteiger partial charge in [0.1, 0.15) is 4.88 Å². The molecule has 2 heterocycles. The van der Waals surface area contributed by atoms with E-state index in [1.54, 1.807) is 24.5 Å². The molecule has 0 aliphatic carbocycles. The Morgan fingerprint density at radius 1 is 1.25 bits per heavy atom. The molecule has 2 amide bonds. The number of carbonyl (C=O) groups excluding carboxylic acids is 2. The molecule has 0 spiro atoms. The van der Waals surface area contributed by atoms with Crippen molar-refractivity contribution in [1.82, 2.24) is 19.9 Å². The van der Waals surface area contributed by atoms with Gasteiger partial charge in [-0.05, 0) is 30.5 Å². The number of carboxylic acid groups (broad SMARTS) is 1. The SMILES string of the molecule is CC(=O)O.COCCC(=O)N(CCc1ccc(Cl)cc1)c1ncc(C(=O)NCCCn2ccnc2)s1. The summed E-state index contributed by atoms with van der Waals surface area (Å²) in [5.74, 6) is -1.12. The predicted octanol–water partition coefficient (Wildman–Crippen LogP) is 3.52. The Hall–Kier alpha value is -3.28. The molecule has 0 fully saturated rings. The van der Waals surface area contributed by atoms with Crippen LogP contribution in [0.2, 0.25) is 5.02 Å². The maximum Gasteiger partial charge on any atom is 0.300 e. The van der Waals surface area contributed by atoms with E-state index >= 15 is 0 Å². The number of benzene rings is 1. The van der Waals surface area contributed by atoms with Gasteiger partial charge in [-0.3, -0.25) is 19.3 Å². The van der Waals surface area contributed by atoms with Gasteiger partial charge in [-0.15, -0.1) is 0 Å². The zero-order valence-corrected chi connectivity index (χ0v) is 21.8. The van der Waals surface area contributed by atoms with Gasteiger partial charge < -0.3 is 19.7 Å². The molecule has 0 bridgehead atoms. The molecule has 2 aromatic heterocycles. The van der Waals surface area contributed by atoms with Crippen molar-refractivity contribution in [3.63, 3.8) is 0 Å².